The van der Waals surface area contributed by atoms with Crippen molar-refractivity contribution >= 4 is 16.7 Å². The number of aliphatic hydroxyl groups is 2. The first-order valence-corrected chi connectivity index (χ1v) is 6.15. The fraction of sp³-hybridized carbons (Fsp3) is 0.333. The van der Waals surface area contributed by atoms with Gasteiger partial charge in [-0.2, -0.15) is 0 Å². The van der Waals surface area contributed by atoms with Gasteiger partial charge in [0.25, 0.3) is 0 Å². The number of benzene rings is 1. The Morgan fingerprint density at radius 3 is 2.61 bits per heavy atom. The summed E-state index contributed by atoms with van der Waals surface area (Å²) in [7, 11) is 0. The molecule has 3 nitrogen and oxygen atoms in total. The van der Waals surface area contributed by atoms with Crippen molar-refractivity contribution in [1.29, 1.82) is 0 Å². The van der Waals surface area contributed by atoms with Gasteiger partial charge in [-0.15, -0.1) is 0 Å². The van der Waals surface area contributed by atoms with Crippen LogP contribution in [-0.2, 0) is 0 Å². The van der Waals surface area contributed by atoms with Gasteiger partial charge in [0.15, 0.2) is 5.76 Å². The molecule has 1 atom stereocenters. The second-order valence-corrected chi connectivity index (χ2v) is 5.33. The first-order chi connectivity index (χ1) is 8.50. The maximum atomic E-state index is 10.2. The van der Waals surface area contributed by atoms with Gasteiger partial charge in [0, 0.05) is 11.3 Å². The first-order valence-electron chi connectivity index (χ1n) is 6.15. The molecule has 1 heterocycles. The van der Waals surface area contributed by atoms with Gasteiger partial charge < -0.3 is 14.6 Å². The molecule has 0 radical (unpaired) electrons. The Bertz CT molecular complexity index is 662. The summed E-state index contributed by atoms with van der Waals surface area (Å²) < 4.78 is 5.48. The van der Waals surface area contributed by atoms with Gasteiger partial charge in [0.1, 0.15) is 17.6 Å². The van der Waals surface area contributed by atoms with Crippen LogP contribution in [0.3, 0.4) is 0 Å². The maximum Gasteiger partial charge on any atom is 0.164 e. The van der Waals surface area contributed by atoms with Crippen molar-refractivity contribution in [3.63, 3.8) is 0 Å². The van der Waals surface area contributed by atoms with Gasteiger partial charge in [0.2, 0.25) is 0 Å². The van der Waals surface area contributed by atoms with E-state index in [9.17, 15) is 10.2 Å². The summed E-state index contributed by atoms with van der Waals surface area (Å²) in [6.07, 6.45) is 1.51. The van der Waals surface area contributed by atoms with Crippen LogP contribution in [0.25, 0.3) is 16.7 Å². The van der Waals surface area contributed by atoms with Gasteiger partial charge in [-0.25, -0.2) is 0 Å². The van der Waals surface area contributed by atoms with E-state index in [2.05, 4.69) is 6.07 Å². The highest BCUT2D eigenvalue weighted by molar-refractivity contribution is 5.95. The smallest absolute Gasteiger partial charge is 0.164 e. The molecule has 94 valence electrons. The fourth-order valence-corrected chi connectivity index (χ4v) is 2.87. The van der Waals surface area contributed by atoms with E-state index in [0.717, 1.165) is 22.1 Å². The van der Waals surface area contributed by atoms with Crippen LogP contribution in [0.2, 0.25) is 0 Å². The van der Waals surface area contributed by atoms with Gasteiger partial charge in [-0.3, -0.25) is 0 Å². The molecular formula is C15H16O3. The highest BCUT2D eigenvalue weighted by atomic mass is 16.3. The number of rotatable bonds is 1. The number of hydrogen-bond acceptors (Lipinski definition) is 3. The molecular weight excluding hydrogens is 228 g/mol. The monoisotopic (exact) mass is 244 g/mol. The Hall–Kier alpha value is -1.90. The normalized spacial score (nSPS) is 19.0. The number of hydrogen-bond donors (Lipinski definition) is 2. The van der Waals surface area contributed by atoms with Crippen molar-refractivity contribution in [3.8, 4) is 0 Å². The Labute approximate surface area is 105 Å². The average molecular weight is 244 g/mol. The molecule has 18 heavy (non-hydrogen) atoms. The third-order valence-corrected chi connectivity index (χ3v) is 3.64. The number of allylic oxidation sites excluding steroid dienone is 1. The topological polar surface area (TPSA) is 53.6 Å². The van der Waals surface area contributed by atoms with E-state index in [1.165, 1.54) is 6.26 Å². The summed E-state index contributed by atoms with van der Waals surface area (Å²) in [4.78, 5) is 0. The van der Waals surface area contributed by atoms with E-state index >= 15 is 0 Å². The maximum absolute atomic E-state index is 10.2. The molecule has 0 fully saturated rings. The third-order valence-electron chi connectivity index (χ3n) is 3.64. The van der Waals surface area contributed by atoms with Crippen molar-refractivity contribution in [2.24, 2.45) is 5.92 Å². The van der Waals surface area contributed by atoms with Gasteiger partial charge >= 0.3 is 0 Å². The van der Waals surface area contributed by atoms with Crippen molar-refractivity contribution in [2.75, 3.05) is 0 Å². The van der Waals surface area contributed by atoms with Gasteiger partial charge in [0.05, 0.1) is 5.56 Å². The Balaban J connectivity index is 2.42. The van der Waals surface area contributed by atoms with Crippen LogP contribution >= 0.6 is 0 Å². The van der Waals surface area contributed by atoms with Gasteiger partial charge in [-0.1, -0.05) is 19.9 Å². The zero-order valence-electron chi connectivity index (χ0n) is 10.7. The van der Waals surface area contributed by atoms with Crippen molar-refractivity contribution in [2.45, 2.75) is 26.7 Å². The van der Waals surface area contributed by atoms with Gasteiger partial charge in [-0.05, 0) is 30.0 Å². The number of furan rings is 1. The lowest BCUT2D eigenvalue weighted by Gasteiger charge is -2.26. The van der Waals surface area contributed by atoms with Crippen LogP contribution in [0.5, 0.6) is 0 Å². The zero-order chi connectivity index (χ0) is 13.0. The summed E-state index contributed by atoms with van der Waals surface area (Å²) in [5, 5.41) is 21.2. The van der Waals surface area contributed by atoms with Crippen LogP contribution in [0, 0.1) is 12.8 Å². The molecule has 2 N–H and O–H groups in total. The summed E-state index contributed by atoms with van der Waals surface area (Å²) in [5.41, 5.74) is 3.50. The van der Waals surface area contributed by atoms with E-state index in [1.54, 1.807) is 0 Å². The number of aliphatic hydroxyl groups excluding tert-OH is 2. The quantitative estimate of drug-likeness (QED) is 0.787. The Morgan fingerprint density at radius 1 is 1.22 bits per heavy atom. The fourth-order valence-electron chi connectivity index (χ4n) is 2.87. The Morgan fingerprint density at radius 2 is 1.94 bits per heavy atom. The molecule has 0 bridgehead atoms. The molecule has 3 heteroatoms. The highest BCUT2D eigenvalue weighted by Gasteiger charge is 2.33. The molecule has 0 aliphatic heterocycles. The van der Waals surface area contributed by atoms with Crippen molar-refractivity contribution < 1.29 is 14.6 Å². The molecule has 3 rings (SSSR count). The molecule has 1 aromatic heterocycles. The molecule has 0 unspecified atom stereocenters. The summed E-state index contributed by atoms with van der Waals surface area (Å²) in [6.45, 7) is 6.07. The molecule has 0 saturated heterocycles. The molecule has 1 aliphatic rings. The zero-order valence-corrected chi connectivity index (χ0v) is 10.7. The van der Waals surface area contributed by atoms with E-state index in [1.807, 2.05) is 26.8 Å². The minimum absolute atomic E-state index is 0.0470. The summed E-state index contributed by atoms with van der Waals surface area (Å²) >= 11 is 0. The standard InChI is InChI=1S/C15H16O3/c1-7(2)12-9-4-8(3)5-11-13(9)10(6-18-11)14(16)15(12)17/h4-7,12,16-17H,1-3H3/t12-/m0/s1. The van der Waals surface area contributed by atoms with E-state index < -0.39 is 0 Å². The van der Waals surface area contributed by atoms with E-state index in [0.29, 0.717) is 5.56 Å². The molecule has 1 aromatic carbocycles. The van der Waals surface area contributed by atoms with Crippen LogP contribution < -0.4 is 0 Å². The molecule has 0 saturated carbocycles. The lowest BCUT2D eigenvalue weighted by atomic mass is 9.79. The van der Waals surface area contributed by atoms with Crippen molar-refractivity contribution in [3.05, 3.63) is 40.8 Å². The molecule has 1 aliphatic carbocycles. The van der Waals surface area contributed by atoms with Crippen LogP contribution in [-0.4, -0.2) is 10.2 Å². The van der Waals surface area contributed by atoms with E-state index in [4.69, 9.17) is 4.42 Å². The predicted molar refractivity (Wildman–Crippen MR) is 70.7 cm³/mol. The lowest BCUT2D eigenvalue weighted by molar-refractivity contribution is 0.313. The first kappa shape index (κ1) is 11.2. The molecule has 0 spiro atoms. The Kier molecular flexibility index (Phi) is 2.21. The summed E-state index contributed by atoms with van der Waals surface area (Å²) in [6, 6.07) is 4.02. The van der Waals surface area contributed by atoms with E-state index in [-0.39, 0.29) is 23.4 Å². The third kappa shape index (κ3) is 1.30. The highest BCUT2D eigenvalue weighted by Crippen LogP contribution is 2.45. The predicted octanol–water partition coefficient (Wildman–Crippen LogP) is 4.28. The SMILES string of the molecule is Cc1cc2c3c(coc3c1)C(O)=C(O)[C@H]2C(C)C. The summed E-state index contributed by atoms with van der Waals surface area (Å²) in [5.74, 6) is 0.0345. The van der Waals surface area contributed by atoms with Crippen molar-refractivity contribution in [1.82, 2.24) is 0 Å². The minimum atomic E-state index is -0.169. The van der Waals surface area contributed by atoms with Crippen LogP contribution in [0.1, 0.15) is 36.5 Å². The largest absolute Gasteiger partial charge is 0.508 e. The molecule has 2 aromatic rings. The second-order valence-electron chi connectivity index (χ2n) is 5.33. The van der Waals surface area contributed by atoms with Crippen LogP contribution in [0.15, 0.2) is 28.6 Å². The second kappa shape index (κ2) is 3.55. The minimum Gasteiger partial charge on any atom is -0.508 e. The average Bonchev–Trinajstić information content (AvgIpc) is 2.69. The van der Waals surface area contributed by atoms with Crippen LogP contribution in [0.4, 0.5) is 0 Å². The number of aryl methyl sites for hydroxylation is 1. The lowest BCUT2D eigenvalue weighted by Crippen LogP contribution is -2.15. The molecule has 0 amide bonds.